The van der Waals surface area contributed by atoms with Crippen molar-refractivity contribution in [3.8, 4) is 0 Å². The first-order valence-electron chi connectivity index (χ1n) is 6.86. The van der Waals surface area contributed by atoms with Gasteiger partial charge in [0.05, 0.1) is 6.04 Å². The molecule has 0 aliphatic heterocycles. The minimum absolute atomic E-state index is 0.147. The van der Waals surface area contributed by atoms with Crippen molar-refractivity contribution in [3.05, 3.63) is 18.2 Å². The molecule has 1 aromatic heterocycles. The van der Waals surface area contributed by atoms with E-state index in [-0.39, 0.29) is 17.9 Å². The summed E-state index contributed by atoms with van der Waals surface area (Å²) in [6.07, 6.45) is 4.09. The largest absolute Gasteiger partial charge is 0.347 e. The second kappa shape index (κ2) is 6.54. The van der Waals surface area contributed by atoms with Gasteiger partial charge in [-0.1, -0.05) is 27.7 Å². The number of amides is 2. The number of nitrogens with one attached hydrogen (secondary N) is 3. The van der Waals surface area contributed by atoms with E-state index < -0.39 is 11.5 Å². The maximum Gasteiger partial charge on any atom is 0.242 e. The van der Waals surface area contributed by atoms with E-state index in [1.165, 1.54) is 0 Å². The molecule has 3 N–H and O–H groups in total. The van der Waals surface area contributed by atoms with E-state index in [9.17, 15) is 9.59 Å². The number of rotatable bonds is 5. The zero-order chi connectivity index (χ0) is 15.3. The van der Waals surface area contributed by atoms with Gasteiger partial charge in [0.1, 0.15) is 11.9 Å². The Kier molecular flexibility index (Phi) is 5.30. The number of aromatic nitrogens is 2. The molecular weight excluding hydrogens is 256 g/mol. The van der Waals surface area contributed by atoms with Gasteiger partial charge < -0.3 is 15.6 Å². The normalized spacial score (nSPS) is 14.4. The van der Waals surface area contributed by atoms with Gasteiger partial charge in [0.25, 0.3) is 0 Å². The Morgan fingerprint density at radius 3 is 2.45 bits per heavy atom. The summed E-state index contributed by atoms with van der Waals surface area (Å²) in [6, 6.07) is -0.753. The van der Waals surface area contributed by atoms with Gasteiger partial charge in [0.2, 0.25) is 11.8 Å². The molecule has 2 atom stereocenters. The Morgan fingerprint density at radius 1 is 1.35 bits per heavy atom. The maximum absolute atomic E-state index is 12.1. The van der Waals surface area contributed by atoms with Crippen molar-refractivity contribution in [1.82, 2.24) is 20.6 Å². The zero-order valence-corrected chi connectivity index (χ0v) is 12.8. The highest BCUT2D eigenvalue weighted by Gasteiger charge is 2.26. The SMILES string of the molecule is CCC(NC(=O)C(C)NC(=O)C(C)(C)C)c1ncc[nH]1. The summed E-state index contributed by atoms with van der Waals surface area (Å²) in [4.78, 5) is 31.1. The molecule has 2 unspecified atom stereocenters. The monoisotopic (exact) mass is 280 g/mol. The van der Waals surface area contributed by atoms with E-state index in [0.717, 1.165) is 12.2 Å². The van der Waals surface area contributed by atoms with Crippen LogP contribution in [0.15, 0.2) is 12.4 Å². The zero-order valence-electron chi connectivity index (χ0n) is 12.8. The summed E-state index contributed by atoms with van der Waals surface area (Å²) in [5, 5.41) is 5.59. The van der Waals surface area contributed by atoms with Gasteiger partial charge in [-0.15, -0.1) is 0 Å². The Labute approximate surface area is 119 Å². The Morgan fingerprint density at radius 2 is 2.00 bits per heavy atom. The van der Waals surface area contributed by atoms with Gasteiger partial charge >= 0.3 is 0 Å². The summed E-state index contributed by atoms with van der Waals surface area (Å²) in [5.74, 6) is 0.354. The molecule has 0 aliphatic rings. The first-order chi connectivity index (χ1) is 9.25. The van der Waals surface area contributed by atoms with Crippen LogP contribution in [0.1, 0.15) is 52.9 Å². The standard InChI is InChI=1S/C14H24N4O2/c1-6-10(11-15-7-8-16-11)18-12(19)9(2)17-13(20)14(3,4)5/h7-10H,6H2,1-5H3,(H,15,16)(H,17,20)(H,18,19). The molecule has 0 saturated heterocycles. The number of aromatic amines is 1. The van der Waals surface area contributed by atoms with E-state index in [0.29, 0.717) is 0 Å². The van der Waals surface area contributed by atoms with Crippen LogP contribution in [0.3, 0.4) is 0 Å². The van der Waals surface area contributed by atoms with E-state index in [1.807, 2.05) is 27.7 Å². The molecule has 1 heterocycles. The maximum atomic E-state index is 12.1. The molecule has 0 saturated carbocycles. The number of imidazole rings is 1. The van der Waals surface area contributed by atoms with Gasteiger partial charge in [0, 0.05) is 17.8 Å². The van der Waals surface area contributed by atoms with Crippen molar-refractivity contribution in [2.45, 2.75) is 53.1 Å². The topological polar surface area (TPSA) is 86.9 Å². The number of hydrogen-bond donors (Lipinski definition) is 3. The highest BCUT2D eigenvalue weighted by molar-refractivity contribution is 5.89. The van der Waals surface area contributed by atoms with E-state index in [2.05, 4.69) is 20.6 Å². The predicted molar refractivity (Wildman–Crippen MR) is 76.8 cm³/mol. The Bertz CT molecular complexity index is 448. The molecule has 112 valence electrons. The molecular formula is C14H24N4O2. The van der Waals surface area contributed by atoms with Gasteiger partial charge in [0.15, 0.2) is 0 Å². The fourth-order valence-electron chi connectivity index (χ4n) is 1.61. The lowest BCUT2D eigenvalue weighted by atomic mass is 9.95. The first kappa shape index (κ1) is 16.2. The predicted octanol–water partition coefficient (Wildman–Crippen LogP) is 1.53. The highest BCUT2D eigenvalue weighted by Crippen LogP contribution is 2.14. The summed E-state index contributed by atoms with van der Waals surface area (Å²) < 4.78 is 0. The molecule has 6 nitrogen and oxygen atoms in total. The molecule has 0 radical (unpaired) electrons. The van der Waals surface area contributed by atoms with Crippen molar-refractivity contribution < 1.29 is 9.59 Å². The number of hydrogen-bond acceptors (Lipinski definition) is 3. The van der Waals surface area contributed by atoms with Crippen LogP contribution >= 0.6 is 0 Å². The van der Waals surface area contributed by atoms with Crippen LogP contribution in [0.2, 0.25) is 0 Å². The Balaban J connectivity index is 2.59. The molecule has 1 aromatic rings. The summed E-state index contributed by atoms with van der Waals surface area (Å²) in [5.41, 5.74) is -0.514. The van der Waals surface area contributed by atoms with Crippen LogP contribution in [0.25, 0.3) is 0 Å². The lowest BCUT2D eigenvalue weighted by molar-refractivity contribution is -0.133. The average Bonchev–Trinajstić information content (AvgIpc) is 2.87. The van der Waals surface area contributed by atoms with E-state index in [4.69, 9.17) is 0 Å². The smallest absolute Gasteiger partial charge is 0.242 e. The molecule has 2 amide bonds. The second-order valence-electron chi connectivity index (χ2n) is 5.89. The summed E-state index contributed by atoms with van der Waals surface area (Å²) in [7, 11) is 0. The molecule has 0 aliphatic carbocycles. The van der Waals surface area contributed by atoms with Crippen LogP contribution in [0, 0.1) is 5.41 Å². The fourth-order valence-corrected chi connectivity index (χ4v) is 1.61. The molecule has 0 fully saturated rings. The van der Waals surface area contributed by atoms with Crippen LogP contribution in [0.5, 0.6) is 0 Å². The van der Waals surface area contributed by atoms with Gasteiger partial charge in [-0.2, -0.15) is 0 Å². The fraction of sp³-hybridized carbons (Fsp3) is 0.643. The lowest BCUT2D eigenvalue weighted by Gasteiger charge is -2.23. The summed E-state index contributed by atoms with van der Waals surface area (Å²) >= 11 is 0. The van der Waals surface area contributed by atoms with Crippen LogP contribution < -0.4 is 10.6 Å². The van der Waals surface area contributed by atoms with Crippen LogP contribution in [-0.4, -0.2) is 27.8 Å². The molecule has 0 spiro atoms. The van der Waals surface area contributed by atoms with Gasteiger partial charge in [-0.05, 0) is 13.3 Å². The minimum Gasteiger partial charge on any atom is -0.347 e. The average molecular weight is 280 g/mol. The highest BCUT2D eigenvalue weighted by atomic mass is 16.2. The van der Waals surface area contributed by atoms with E-state index >= 15 is 0 Å². The van der Waals surface area contributed by atoms with Crippen molar-refractivity contribution in [3.63, 3.8) is 0 Å². The lowest BCUT2D eigenvalue weighted by Crippen LogP contribution is -2.49. The molecule has 0 aromatic carbocycles. The number of carbonyl (C=O) groups is 2. The van der Waals surface area contributed by atoms with Crippen molar-refractivity contribution in [1.29, 1.82) is 0 Å². The van der Waals surface area contributed by atoms with Crippen LogP contribution in [-0.2, 0) is 9.59 Å². The van der Waals surface area contributed by atoms with Crippen molar-refractivity contribution >= 4 is 11.8 Å². The van der Waals surface area contributed by atoms with Crippen molar-refractivity contribution in [2.75, 3.05) is 0 Å². The number of H-pyrrole nitrogens is 1. The molecule has 0 bridgehead atoms. The number of nitrogens with zero attached hydrogens (tertiary/aromatic N) is 1. The van der Waals surface area contributed by atoms with Crippen molar-refractivity contribution in [2.24, 2.45) is 5.41 Å². The van der Waals surface area contributed by atoms with Gasteiger partial charge in [-0.25, -0.2) is 4.98 Å². The first-order valence-corrected chi connectivity index (χ1v) is 6.86. The Hall–Kier alpha value is -1.85. The third-order valence-corrected chi connectivity index (χ3v) is 3.00. The summed E-state index contributed by atoms with van der Waals surface area (Å²) in [6.45, 7) is 9.07. The third-order valence-electron chi connectivity index (χ3n) is 3.00. The van der Waals surface area contributed by atoms with Crippen LogP contribution in [0.4, 0.5) is 0 Å². The quantitative estimate of drug-likeness (QED) is 0.764. The number of carbonyl (C=O) groups excluding carboxylic acids is 2. The van der Waals surface area contributed by atoms with Gasteiger partial charge in [-0.3, -0.25) is 9.59 Å². The minimum atomic E-state index is -0.578. The third kappa shape index (κ3) is 4.36. The second-order valence-corrected chi connectivity index (χ2v) is 5.89. The molecule has 6 heteroatoms. The molecule has 1 rings (SSSR count). The van der Waals surface area contributed by atoms with E-state index in [1.54, 1.807) is 19.3 Å². The molecule has 20 heavy (non-hydrogen) atoms.